The Labute approximate surface area is 134 Å². The molecule has 0 bridgehead atoms. The lowest BCUT2D eigenvalue weighted by molar-refractivity contribution is 0.682. The molecule has 3 aromatic rings. The van der Waals surface area contributed by atoms with E-state index >= 15 is 0 Å². The number of nitrogens with two attached hydrogens (primary N) is 1. The van der Waals surface area contributed by atoms with Gasteiger partial charge in [-0.15, -0.1) is 0 Å². The molecule has 1 unspecified atom stereocenters. The van der Waals surface area contributed by atoms with Gasteiger partial charge in [0.2, 0.25) is 0 Å². The molecule has 0 radical (unpaired) electrons. The van der Waals surface area contributed by atoms with Crippen LogP contribution in [0.25, 0.3) is 10.9 Å². The van der Waals surface area contributed by atoms with Crippen LogP contribution in [0.4, 0.5) is 0 Å². The highest BCUT2D eigenvalue weighted by molar-refractivity contribution is 7.99. The summed E-state index contributed by atoms with van der Waals surface area (Å²) in [5.41, 5.74) is 1.91. The number of para-hydroxylation sites is 1. The van der Waals surface area contributed by atoms with E-state index in [1.807, 2.05) is 30.3 Å². The van der Waals surface area contributed by atoms with Crippen molar-refractivity contribution in [2.24, 2.45) is 5.14 Å². The lowest BCUT2D eigenvalue weighted by Crippen LogP contribution is -2.16. The Bertz CT molecular complexity index is 924. The van der Waals surface area contributed by atoms with Crippen molar-refractivity contribution < 1.29 is 4.21 Å². The highest BCUT2D eigenvalue weighted by Gasteiger charge is 2.06. The van der Waals surface area contributed by atoms with E-state index in [9.17, 15) is 4.21 Å². The summed E-state index contributed by atoms with van der Waals surface area (Å²) in [5.74, 6) is 0. The zero-order chi connectivity index (χ0) is 15.6. The summed E-state index contributed by atoms with van der Waals surface area (Å²) in [7, 11) is -2.71. The maximum Gasteiger partial charge on any atom is 0.0737 e. The molecule has 0 saturated heterocycles. The van der Waals surface area contributed by atoms with E-state index in [4.69, 9.17) is 16.7 Å². The van der Waals surface area contributed by atoms with Crippen molar-refractivity contribution in [1.82, 2.24) is 4.98 Å². The van der Waals surface area contributed by atoms with E-state index in [0.717, 1.165) is 16.5 Å². The third-order valence-electron chi connectivity index (χ3n) is 3.45. The third kappa shape index (κ3) is 3.14. The Hall–Kier alpha value is -1.88. The second kappa shape index (κ2) is 6.08. The molecular formula is C17H15ClN2OS. The fourth-order valence-electron chi connectivity index (χ4n) is 2.29. The van der Waals surface area contributed by atoms with Gasteiger partial charge in [-0.05, 0) is 41.3 Å². The molecule has 112 valence electrons. The molecule has 0 aliphatic heterocycles. The molecule has 1 atom stereocenters. The van der Waals surface area contributed by atoms with Crippen LogP contribution in [0.5, 0.6) is 0 Å². The van der Waals surface area contributed by atoms with Gasteiger partial charge in [-0.25, -0.2) is 4.21 Å². The number of fused-ring (bicyclic) bond motifs is 1. The molecule has 22 heavy (non-hydrogen) atoms. The highest BCUT2D eigenvalue weighted by atomic mass is 35.5. The van der Waals surface area contributed by atoms with E-state index in [1.54, 1.807) is 35.8 Å². The van der Waals surface area contributed by atoms with E-state index in [1.165, 1.54) is 0 Å². The number of rotatable bonds is 3. The zero-order valence-corrected chi connectivity index (χ0v) is 13.3. The summed E-state index contributed by atoms with van der Waals surface area (Å²) in [5, 5.41) is 9.29. The molecular weight excluding hydrogens is 316 g/mol. The van der Waals surface area contributed by atoms with E-state index in [-0.39, 0.29) is 0 Å². The monoisotopic (exact) mass is 330 g/mol. The molecule has 1 aromatic heterocycles. The van der Waals surface area contributed by atoms with Crippen molar-refractivity contribution in [3.05, 3.63) is 71.4 Å². The minimum Gasteiger partial charge on any atom is -0.256 e. The van der Waals surface area contributed by atoms with Crippen molar-refractivity contribution in [2.75, 3.05) is 0 Å². The molecule has 2 aromatic carbocycles. The number of pyridine rings is 1. The molecule has 0 aliphatic carbocycles. The van der Waals surface area contributed by atoms with Crippen molar-refractivity contribution in [1.29, 1.82) is 0 Å². The molecule has 0 saturated carbocycles. The summed E-state index contributed by atoms with van der Waals surface area (Å²) in [6.45, 7) is 0. The van der Waals surface area contributed by atoms with Gasteiger partial charge in [-0.3, -0.25) is 10.1 Å². The van der Waals surface area contributed by atoms with Crippen molar-refractivity contribution in [3.8, 4) is 0 Å². The lowest BCUT2D eigenvalue weighted by Gasteiger charge is -2.07. The minimum atomic E-state index is -2.71. The van der Waals surface area contributed by atoms with E-state index < -0.39 is 9.71 Å². The Balaban J connectivity index is 1.98. The molecule has 1 heterocycles. The average Bonchev–Trinajstić information content (AvgIpc) is 2.53. The average molecular weight is 331 g/mol. The molecule has 3 nitrogen and oxygen atoms in total. The largest absolute Gasteiger partial charge is 0.256 e. The molecule has 3 rings (SSSR count). The summed E-state index contributed by atoms with van der Waals surface area (Å²) in [6.07, 6.45) is 2.25. The van der Waals surface area contributed by atoms with Gasteiger partial charge in [-0.1, -0.05) is 35.9 Å². The number of halogens is 1. The summed E-state index contributed by atoms with van der Waals surface area (Å²) in [4.78, 5) is 4.97. The van der Waals surface area contributed by atoms with Crippen molar-refractivity contribution in [3.63, 3.8) is 0 Å². The minimum absolute atomic E-state index is 0.492. The van der Waals surface area contributed by atoms with Crippen LogP contribution in [0.15, 0.2) is 65.7 Å². The van der Waals surface area contributed by atoms with Crippen LogP contribution < -0.4 is 5.14 Å². The van der Waals surface area contributed by atoms with Crippen LogP contribution in [0.2, 0.25) is 5.02 Å². The third-order valence-corrected chi connectivity index (χ3v) is 5.37. The summed E-state index contributed by atoms with van der Waals surface area (Å²) in [6, 6.07) is 16.6. The van der Waals surface area contributed by atoms with Gasteiger partial charge < -0.3 is 0 Å². The Morgan fingerprint density at radius 1 is 1.09 bits per heavy atom. The van der Waals surface area contributed by atoms with Gasteiger partial charge in [0, 0.05) is 27.9 Å². The molecule has 0 aliphatic rings. The second-order valence-electron chi connectivity index (χ2n) is 4.96. The van der Waals surface area contributed by atoms with Crippen LogP contribution in [0.3, 0.4) is 0 Å². The second-order valence-corrected chi connectivity index (χ2v) is 7.50. The molecule has 0 spiro atoms. The first-order chi connectivity index (χ1) is 10.6. The fraction of sp³-hybridized carbons (Fsp3) is 0.0588. The first-order valence-electron chi connectivity index (χ1n) is 6.80. The topological polar surface area (TPSA) is 56.0 Å². The molecule has 0 fully saturated rings. The first-order valence-corrected chi connectivity index (χ1v) is 8.86. The van der Waals surface area contributed by atoms with Gasteiger partial charge in [-0.2, -0.15) is 0 Å². The summed E-state index contributed by atoms with van der Waals surface area (Å²) >= 11 is 5.85. The Morgan fingerprint density at radius 2 is 1.82 bits per heavy atom. The van der Waals surface area contributed by atoms with Crippen LogP contribution in [0, 0.1) is 0 Å². The van der Waals surface area contributed by atoms with Crippen molar-refractivity contribution >= 4 is 37.6 Å². The number of hydrogen-bond acceptors (Lipinski definition) is 2. The smallest absolute Gasteiger partial charge is 0.0737 e. The summed E-state index contributed by atoms with van der Waals surface area (Å²) < 4.78 is 12.7. The Kier molecular flexibility index (Phi) is 4.16. The number of nitrogens with zero attached hydrogens (tertiary/aromatic N) is 1. The zero-order valence-electron chi connectivity index (χ0n) is 11.8. The predicted molar refractivity (Wildman–Crippen MR) is 93.6 cm³/mol. The van der Waals surface area contributed by atoms with E-state index in [2.05, 4.69) is 4.98 Å². The van der Waals surface area contributed by atoms with Crippen molar-refractivity contribution in [2.45, 2.75) is 11.3 Å². The quantitative estimate of drug-likeness (QED) is 0.748. The Morgan fingerprint density at radius 3 is 2.59 bits per heavy atom. The van der Waals surface area contributed by atoms with Gasteiger partial charge in [0.25, 0.3) is 0 Å². The van der Waals surface area contributed by atoms with Crippen LogP contribution in [0.1, 0.15) is 5.56 Å². The van der Waals surface area contributed by atoms with E-state index in [0.29, 0.717) is 16.3 Å². The standard InChI is InChI=1S/C17H15ClN2OS/c18-15-6-8-16(9-7-15)22(19,21)12-10-14-4-1-3-13-5-2-11-20-17(13)14/h1-9,11-12H,10H2,(H2,19,21). The molecule has 5 heteroatoms. The number of benzene rings is 2. The SMILES string of the molecule is NS(=O)(=CCc1cccc2cccnc12)c1ccc(Cl)cc1. The van der Waals surface area contributed by atoms with Gasteiger partial charge >= 0.3 is 0 Å². The van der Waals surface area contributed by atoms with Crippen LogP contribution in [-0.2, 0) is 16.1 Å². The highest BCUT2D eigenvalue weighted by Crippen LogP contribution is 2.17. The molecule has 2 N–H and O–H groups in total. The van der Waals surface area contributed by atoms with Crippen LogP contribution in [-0.4, -0.2) is 14.6 Å². The maximum absolute atomic E-state index is 12.7. The van der Waals surface area contributed by atoms with Gasteiger partial charge in [0.15, 0.2) is 0 Å². The number of hydrogen-bond donors (Lipinski definition) is 1. The maximum atomic E-state index is 12.7. The number of aromatic nitrogens is 1. The lowest BCUT2D eigenvalue weighted by atomic mass is 10.1. The fourth-order valence-corrected chi connectivity index (χ4v) is 3.60. The van der Waals surface area contributed by atoms with Gasteiger partial charge in [0.05, 0.1) is 15.2 Å². The molecule has 0 amide bonds. The van der Waals surface area contributed by atoms with Crippen LogP contribution >= 0.6 is 11.6 Å². The normalized spacial score (nSPS) is 13.7. The predicted octanol–water partition coefficient (Wildman–Crippen LogP) is 3.45. The van der Waals surface area contributed by atoms with Gasteiger partial charge in [0.1, 0.15) is 0 Å². The first kappa shape index (κ1) is 15.0.